The Labute approximate surface area is 108 Å². The van der Waals surface area contributed by atoms with E-state index in [0.29, 0.717) is 18.2 Å². The second-order valence-corrected chi connectivity index (χ2v) is 5.31. The van der Waals surface area contributed by atoms with E-state index in [9.17, 15) is 4.79 Å². The largest absolute Gasteiger partial charge is 0.306 e. The molecular formula is C14H21N3O. The van der Waals surface area contributed by atoms with E-state index < -0.39 is 0 Å². The van der Waals surface area contributed by atoms with Crippen LogP contribution < -0.4 is 0 Å². The van der Waals surface area contributed by atoms with Crippen molar-refractivity contribution in [1.82, 2.24) is 14.9 Å². The minimum Gasteiger partial charge on any atom is -0.306 e. The zero-order valence-electron chi connectivity index (χ0n) is 11.4. The number of carbonyl (C=O) groups is 1. The van der Waals surface area contributed by atoms with Crippen molar-refractivity contribution < 1.29 is 4.79 Å². The molecule has 1 aliphatic heterocycles. The van der Waals surface area contributed by atoms with E-state index in [4.69, 9.17) is 0 Å². The van der Waals surface area contributed by atoms with Gasteiger partial charge in [0.2, 0.25) is 0 Å². The molecule has 0 N–H and O–H groups in total. The summed E-state index contributed by atoms with van der Waals surface area (Å²) < 4.78 is 0. The van der Waals surface area contributed by atoms with Gasteiger partial charge in [-0.05, 0) is 52.9 Å². The molecule has 0 saturated carbocycles. The van der Waals surface area contributed by atoms with Gasteiger partial charge in [0.25, 0.3) is 0 Å². The molecule has 0 unspecified atom stereocenters. The van der Waals surface area contributed by atoms with Crippen LogP contribution in [0.4, 0.5) is 0 Å². The first-order chi connectivity index (χ1) is 8.54. The number of carbonyl (C=O) groups excluding carboxylic acids is 1. The van der Waals surface area contributed by atoms with Crippen molar-refractivity contribution in [2.45, 2.75) is 39.0 Å². The van der Waals surface area contributed by atoms with E-state index in [1.165, 1.54) is 0 Å². The first kappa shape index (κ1) is 13.1. The summed E-state index contributed by atoms with van der Waals surface area (Å²) in [7, 11) is 2.16. The third kappa shape index (κ3) is 3.35. The highest BCUT2D eigenvalue weighted by Crippen LogP contribution is 2.26. The van der Waals surface area contributed by atoms with Crippen LogP contribution in [0.1, 0.15) is 42.9 Å². The van der Waals surface area contributed by atoms with Gasteiger partial charge in [-0.3, -0.25) is 4.79 Å². The topological polar surface area (TPSA) is 46.1 Å². The number of ketones is 1. The van der Waals surface area contributed by atoms with Crippen molar-refractivity contribution in [1.29, 1.82) is 0 Å². The van der Waals surface area contributed by atoms with E-state index in [2.05, 4.69) is 28.0 Å². The van der Waals surface area contributed by atoms with Gasteiger partial charge < -0.3 is 4.90 Å². The molecule has 0 atom stereocenters. The Bertz CT molecular complexity index is 437. The highest BCUT2D eigenvalue weighted by atomic mass is 16.1. The Morgan fingerprint density at radius 3 is 2.67 bits per heavy atom. The fourth-order valence-electron chi connectivity index (χ4n) is 2.47. The summed E-state index contributed by atoms with van der Waals surface area (Å²) in [5.74, 6) is 1.32. The molecule has 4 heteroatoms. The molecule has 18 heavy (non-hydrogen) atoms. The summed E-state index contributed by atoms with van der Waals surface area (Å²) in [6.07, 6.45) is 2.64. The molecule has 1 aromatic heterocycles. The molecule has 0 aromatic carbocycles. The Morgan fingerprint density at radius 2 is 2.06 bits per heavy atom. The molecule has 0 radical (unpaired) electrons. The standard InChI is InChI=1S/C14H21N3O/c1-10-8-13(12-4-6-17(3)7-5-12)16-14(15-10)9-11(2)18/h8,12H,4-7,9H2,1-3H3. The number of rotatable bonds is 3. The van der Waals surface area contributed by atoms with Gasteiger partial charge in [0.1, 0.15) is 11.6 Å². The average molecular weight is 247 g/mol. The number of nitrogens with zero attached hydrogens (tertiary/aromatic N) is 3. The Balaban J connectivity index is 2.17. The minimum absolute atomic E-state index is 0.120. The summed E-state index contributed by atoms with van der Waals surface area (Å²) in [6, 6.07) is 2.07. The van der Waals surface area contributed by atoms with Crippen molar-refractivity contribution in [2.75, 3.05) is 20.1 Å². The fourth-order valence-corrected chi connectivity index (χ4v) is 2.47. The maximum Gasteiger partial charge on any atom is 0.137 e. The van der Waals surface area contributed by atoms with Crippen LogP contribution in [0.15, 0.2) is 6.07 Å². The fraction of sp³-hybridized carbons (Fsp3) is 0.643. The second kappa shape index (κ2) is 5.57. The smallest absolute Gasteiger partial charge is 0.137 e. The summed E-state index contributed by atoms with van der Waals surface area (Å²) in [5.41, 5.74) is 2.09. The van der Waals surface area contributed by atoms with E-state index >= 15 is 0 Å². The first-order valence-corrected chi connectivity index (χ1v) is 6.57. The number of aromatic nitrogens is 2. The molecule has 98 valence electrons. The van der Waals surface area contributed by atoms with Crippen molar-refractivity contribution in [3.8, 4) is 0 Å². The van der Waals surface area contributed by atoms with Gasteiger partial charge >= 0.3 is 0 Å². The Kier molecular flexibility index (Phi) is 4.07. The lowest BCUT2D eigenvalue weighted by atomic mass is 9.93. The molecule has 0 aliphatic carbocycles. The summed E-state index contributed by atoms with van der Waals surface area (Å²) in [6.45, 7) is 5.80. The average Bonchev–Trinajstić information content (AvgIpc) is 2.28. The molecule has 0 bridgehead atoms. The van der Waals surface area contributed by atoms with Crippen molar-refractivity contribution >= 4 is 5.78 Å². The maximum atomic E-state index is 11.2. The summed E-state index contributed by atoms with van der Waals surface area (Å²) >= 11 is 0. The van der Waals surface area contributed by atoms with Gasteiger partial charge in [-0.25, -0.2) is 9.97 Å². The number of aryl methyl sites for hydroxylation is 1. The first-order valence-electron chi connectivity index (χ1n) is 6.57. The lowest BCUT2D eigenvalue weighted by molar-refractivity contribution is -0.116. The third-order valence-electron chi connectivity index (χ3n) is 3.46. The maximum absolute atomic E-state index is 11.2. The van der Waals surface area contributed by atoms with E-state index in [1.807, 2.05) is 6.92 Å². The van der Waals surface area contributed by atoms with Crippen molar-refractivity contribution in [3.05, 3.63) is 23.3 Å². The van der Waals surface area contributed by atoms with Gasteiger partial charge in [0.15, 0.2) is 0 Å². The van der Waals surface area contributed by atoms with Gasteiger partial charge in [0.05, 0.1) is 6.42 Å². The van der Waals surface area contributed by atoms with E-state index in [0.717, 1.165) is 37.3 Å². The molecule has 2 heterocycles. The lowest BCUT2D eigenvalue weighted by Gasteiger charge is -2.28. The Hall–Kier alpha value is -1.29. The quantitative estimate of drug-likeness (QED) is 0.816. The lowest BCUT2D eigenvalue weighted by Crippen LogP contribution is -2.29. The van der Waals surface area contributed by atoms with Crippen LogP contribution in [0.5, 0.6) is 0 Å². The van der Waals surface area contributed by atoms with Crippen LogP contribution >= 0.6 is 0 Å². The molecule has 0 spiro atoms. The SMILES string of the molecule is CC(=O)Cc1nc(C)cc(C2CCN(C)CC2)n1. The number of piperidine rings is 1. The molecule has 0 amide bonds. The summed E-state index contributed by atoms with van der Waals surface area (Å²) in [4.78, 5) is 22.4. The summed E-state index contributed by atoms with van der Waals surface area (Å²) in [5, 5.41) is 0. The minimum atomic E-state index is 0.120. The van der Waals surface area contributed by atoms with E-state index in [1.54, 1.807) is 6.92 Å². The highest BCUT2D eigenvalue weighted by molar-refractivity contribution is 5.77. The number of Topliss-reactive ketones (excluding diaryl/α,β-unsaturated/α-hetero) is 1. The monoisotopic (exact) mass is 247 g/mol. The van der Waals surface area contributed by atoms with Crippen LogP contribution in [-0.4, -0.2) is 40.8 Å². The molecule has 1 fully saturated rings. The highest BCUT2D eigenvalue weighted by Gasteiger charge is 2.20. The van der Waals surface area contributed by atoms with Gasteiger partial charge in [-0.15, -0.1) is 0 Å². The van der Waals surface area contributed by atoms with Crippen LogP contribution in [0.3, 0.4) is 0 Å². The van der Waals surface area contributed by atoms with Gasteiger partial charge in [-0.1, -0.05) is 0 Å². The van der Waals surface area contributed by atoms with E-state index in [-0.39, 0.29) is 5.78 Å². The molecule has 2 rings (SSSR count). The van der Waals surface area contributed by atoms with Crippen LogP contribution in [0, 0.1) is 6.92 Å². The predicted octanol–water partition coefficient (Wildman–Crippen LogP) is 1.73. The van der Waals surface area contributed by atoms with Crippen molar-refractivity contribution in [3.63, 3.8) is 0 Å². The molecule has 1 aromatic rings. The number of hydrogen-bond donors (Lipinski definition) is 0. The second-order valence-electron chi connectivity index (χ2n) is 5.31. The molecule has 4 nitrogen and oxygen atoms in total. The molecule has 1 aliphatic rings. The van der Waals surface area contributed by atoms with Crippen LogP contribution in [0.2, 0.25) is 0 Å². The number of hydrogen-bond acceptors (Lipinski definition) is 4. The Morgan fingerprint density at radius 1 is 1.39 bits per heavy atom. The molecular weight excluding hydrogens is 226 g/mol. The van der Waals surface area contributed by atoms with Crippen LogP contribution in [-0.2, 0) is 11.2 Å². The third-order valence-corrected chi connectivity index (χ3v) is 3.46. The van der Waals surface area contributed by atoms with Crippen molar-refractivity contribution in [2.24, 2.45) is 0 Å². The normalized spacial score (nSPS) is 17.9. The predicted molar refractivity (Wildman–Crippen MR) is 70.6 cm³/mol. The molecule has 1 saturated heterocycles. The van der Waals surface area contributed by atoms with Gasteiger partial charge in [0, 0.05) is 17.3 Å². The van der Waals surface area contributed by atoms with Crippen LogP contribution in [0.25, 0.3) is 0 Å². The number of likely N-dealkylation sites (tertiary alicyclic amines) is 1. The zero-order valence-corrected chi connectivity index (χ0v) is 11.4. The zero-order chi connectivity index (χ0) is 13.1. The van der Waals surface area contributed by atoms with Gasteiger partial charge in [-0.2, -0.15) is 0 Å².